The van der Waals surface area contributed by atoms with E-state index in [1.54, 1.807) is 29.2 Å². The molecule has 1 aromatic carbocycles. The minimum absolute atomic E-state index is 0.187. The Balaban J connectivity index is 1.91. The number of hydrogen-bond acceptors (Lipinski definition) is 4. The normalized spacial score (nSPS) is 16.9. The number of carbonyl (C=O) groups is 1. The Labute approximate surface area is 143 Å². The van der Waals surface area contributed by atoms with Gasteiger partial charge in [-0.15, -0.1) is 0 Å². The first-order valence-corrected chi connectivity index (χ1v) is 9.47. The molecule has 1 saturated heterocycles. The smallest absolute Gasteiger partial charge is 0.410 e. The SMILES string of the molecule is CC(C)(C)OC(=O)N1CCC(NS(=O)(=O)c2ccc([NH3+])cc2)CC1. The summed E-state index contributed by atoms with van der Waals surface area (Å²) in [5.41, 5.74) is 3.98. The van der Waals surface area contributed by atoms with Crippen molar-refractivity contribution in [1.82, 2.24) is 9.62 Å². The second-order valence-electron chi connectivity index (χ2n) is 7.01. The summed E-state index contributed by atoms with van der Waals surface area (Å²) >= 11 is 0. The van der Waals surface area contributed by atoms with Gasteiger partial charge in [-0.3, -0.25) is 0 Å². The van der Waals surface area contributed by atoms with Gasteiger partial charge in [-0.25, -0.2) is 17.9 Å². The molecule has 1 heterocycles. The van der Waals surface area contributed by atoms with E-state index in [1.165, 1.54) is 0 Å². The van der Waals surface area contributed by atoms with E-state index in [2.05, 4.69) is 10.5 Å². The molecule has 4 N–H and O–H groups in total. The molecule has 0 atom stereocenters. The monoisotopic (exact) mass is 356 g/mol. The van der Waals surface area contributed by atoms with Crippen LogP contribution in [0.4, 0.5) is 10.5 Å². The van der Waals surface area contributed by atoms with Gasteiger partial charge in [0, 0.05) is 31.3 Å². The molecule has 7 nitrogen and oxygen atoms in total. The van der Waals surface area contributed by atoms with Crippen molar-refractivity contribution in [2.75, 3.05) is 13.1 Å². The Morgan fingerprint density at radius 2 is 1.75 bits per heavy atom. The molecule has 24 heavy (non-hydrogen) atoms. The maximum atomic E-state index is 12.4. The molecular formula is C16H26N3O4S+. The fourth-order valence-corrected chi connectivity index (χ4v) is 3.77. The zero-order chi connectivity index (χ0) is 18.0. The van der Waals surface area contributed by atoms with E-state index in [4.69, 9.17) is 4.74 Å². The molecule has 1 aliphatic heterocycles. The molecule has 1 aromatic rings. The number of hydrogen-bond donors (Lipinski definition) is 2. The van der Waals surface area contributed by atoms with E-state index in [0.29, 0.717) is 25.9 Å². The Bertz CT molecular complexity index is 672. The number of benzene rings is 1. The van der Waals surface area contributed by atoms with Crippen molar-refractivity contribution >= 4 is 21.8 Å². The van der Waals surface area contributed by atoms with Gasteiger partial charge in [-0.05, 0) is 45.7 Å². The summed E-state index contributed by atoms with van der Waals surface area (Å²) in [7, 11) is -3.56. The van der Waals surface area contributed by atoms with E-state index >= 15 is 0 Å². The summed E-state index contributed by atoms with van der Waals surface area (Å²) in [4.78, 5) is 13.9. The van der Waals surface area contributed by atoms with Crippen LogP contribution in [0.3, 0.4) is 0 Å². The van der Waals surface area contributed by atoms with Gasteiger partial charge in [0.05, 0.1) is 4.90 Å². The summed E-state index contributed by atoms with van der Waals surface area (Å²) in [6.45, 7) is 6.41. The van der Waals surface area contributed by atoms with Gasteiger partial charge in [0.2, 0.25) is 10.0 Å². The fourth-order valence-electron chi connectivity index (χ4n) is 2.46. The van der Waals surface area contributed by atoms with Crippen LogP contribution in [0.25, 0.3) is 0 Å². The highest BCUT2D eigenvalue weighted by Gasteiger charge is 2.29. The average molecular weight is 356 g/mol. The molecule has 0 aromatic heterocycles. The maximum Gasteiger partial charge on any atom is 0.410 e. The number of piperidine rings is 1. The average Bonchev–Trinajstić information content (AvgIpc) is 2.46. The van der Waals surface area contributed by atoms with Crippen LogP contribution in [0.15, 0.2) is 29.2 Å². The van der Waals surface area contributed by atoms with E-state index in [1.807, 2.05) is 20.8 Å². The van der Waals surface area contributed by atoms with Gasteiger partial charge in [0.25, 0.3) is 0 Å². The fraction of sp³-hybridized carbons (Fsp3) is 0.562. The molecule has 0 bridgehead atoms. The highest BCUT2D eigenvalue weighted by atomic mass is 32.2. The molecule has 0 unspecified atom stereocenters. The molecule has 1 amide bonds. The summed E-state index contributed by atoms with van der Waals surface area (Å²) in [5, 5.41) is 0. The Morgan fingerprint density at radius 3 is 2.25 bits per heavy atom. The number of nitrogens with one attached hydrogen (secondary N) is 1. The molecule has 0 spiro atoms. The van der Waals surface area contributed by atoms with Crippen LogP contribution >= 0.6 is 0 Å². The van der Waals surface area contributed by atoms with Crippen LogP contribution in [0.5, 0.6) is 0 Å². The van der Waals surface area contributed by atoms with Crippen LogP contribution in [-0.4, -0.2) is 44.1 Å². The van der Waals surface area contributed by atoms with Crippen molar-refractivity contribution in [1.29, 1.82) is 0 Å². The van der Waals surface area contributed by atoms with Crippen LogP contribution in [0.1, 0.15) is 33.6 Å². The van der Waals surface area contributed by atoms with Gasteiger partial charge in [-0.1, -0.05) is 0 Å². The lowest BCUT2D eigenvalue weighted by Gasteiger charge is -2.33. The zero-order valence-electron chi connectivity index (χ0n) is 14.4. The highest BCUT2D eigenvalue weighted by molar-refractivity contribution is 7.89. The third-order valence-corrected chi connectivity index (χ3v) is 5.24. The third kappa shape index (κ3) is 5.19. The third-order valence-electron chi connectivity index (χ3n) is 3.70. The van der Waals surface area contributed by atoms with Crippen molar-refractivity contribution in [2.24, 2.45) is 0 Å². The molecule has 8 heteroatoms. The first-order valence-electron chi connectivity index (χ1n) is 7.99. The second kappa shape index (κ2) is 7.08. The van der Waals surface area contributed by atoms with Crippen molar-refractivity contribution in [3.8, 4) is 0 Å². The molecule has 2 rings (SSSR count). The van der Waals surface area contributed by atoms with Crippen molar-refractivity contribution < 1.29 is 23.7 Å². The molecule has 0 aliphatic carbocycles. The largest absolute Gasteiger partial charge is 0.444 e. The number of carbonyl (C=O) groups excluding carboxylic acids is 1. The number of sulfonamides is 1. The van der Waals surface area contributed by atoms with Gasteiger partial charge >= 0.3 is 6.09 Å². The van der Waals surface area contributed by atoms with Gasteiger partial charge in [0.15, 0.2) is 0 Å². The molecule has 0 radical (unpaired) electrons. The first-order chi connectivity index (χ1) is 11.1. The zero-order valence-corrected chi connectivity index (χ0v) is 15.2. The summed E-state index contributed by atoms with van der Waals surface area (Å²) in [6.07, 6.45) is 0.771. The van der Waals surface area contributed by atoms with Crippen LogP contribution < -0.4 is 10.5 Å². The van der Waals surface area contributed by atoms with Crippen molar-refractivity contribution in [2.45, 2.75) is 50.2 Å². The lowest BCUT2D eigenvalue weighted by molar-refractivity contribution is -0.254. The van der Waals surface area contributed by atoms with Crippen LogP contribution in [0.2, 0.25) is 0 Å². The Kier molecular flexibility index (Phi) is 5.52. The van der Waals surface area contributed by atoms with Crippen LogP contribution in [-0.2, 0) is 14.8 Å². The van der Waals surface area contributed by atoms with E-state index < -0.39 is 15.6 Å². The quantitative estimate of drug-likeness (QED) is 0.850. The van der Waals surface area contributed by atoms with Gasteiger partial charge in [0.1, 0.15) is 11.3 Å². The predicted molar refractivity (Wildman–Crippen MR) is 90.1 cm³/mol. The lowest BCUT2D eigenvalue weighted by atomic mass is 10.1. The van der Waals surface area contributed by atoms with Crippen molar-refractivity contribution in [3.63, 3.8) is 0 Å². The number of ether oxygens (including phenoxy) is 1. The molecule has 1 fully saturated rings. The summed E-state index contributed by atoms with van der Waals surface area (Å²) < 4.78 is 32.8. The maximum absolute atomic E-state index is 12.4. The molecule has 134 valence electrons. The minimum Gasteiger partial charge on any atom is -0.444 e. The van der Waals surface area contributed by atoms with Gasteiger partial charge in [-0.2, -0.15) is 0 Å². The van der Waals surface area contributed by atoms with Crippen LogP contribution in [0, 0.1) is 0 Å². The topological polar surface area (TPSA) is 103 Å². The van der Waals surface area contributed by atoms with E-state index in [9.17, 15) is 13.2 Å². The Hall–Kier alpha value is -1.64. The number of likely N-dealkylation sites (tertiary alicyclic amines) is 1. The Morgan fingerprint density at radius 1 is 1.21 bits per heavy atom. The van der Waals surface area contributed by atoms with Gasteiger partial charge < -0.3 is 15.4 Å². The standard InChI is InChI=1S/C16H25N3O4S/c1-16(2,3)23-15(20)19-10-8-13(9-11-19)18-24(21,22)14-6-4-12(17)5-7-14/h4-7,13,18H,8-11,17H2,1-3H3/p+1. The minimum atomic E-state index is -3.56. The summed E-state index contributed by atoms with van der Waals surface area (Å²) in [6, 6.07) is 6.23. The van der Waals surface area contributed by atoms with E-state index in [0.717, 1.165) is 5.69 Å². The van der Waals surface area contributed by atoms with Crippen molar-refractivity contribution in [3.05, 3.63) is 24.3 Å². The molecule has 0 saturated carbocycles. The highest BCUT2D eigenvalue weighted by Crippen LogP contribution is 2.18. The molecular weight excluding hydrogens is 330 g/mol. The number of amides is 1. The number of nitrogens with zero attached hydrogens (tertiary/aromatic N) is 1. The second-order valence-corrected chi connectivity index (χ2v) is 8.72. The first kappa shape index (κ1) is 18.7. The summed E-state index contributed by atoms with van der Waals surface area (Å²) in [5.74, 6) is 0. The number of quaternary nitrogens is 1. The predicted octanol–water partition coefficient (Wildman–Crippen LogP) is 1.24. The van der Waals surface area contributed by atoms with E-state index in [-0.39, 0.29) is 17.0 Å². The lowest BCUT2D eigenvalue weighted by Crippen LogP contribution is -2.47. The molecule has 1 aliphatic rings. The number of rotatable bonds is 3.